The van der Waals surface area contributed by atoms with Crippen LogP contribution in [-0.4, -0.2) is 4.57 Å². The Morgan fingerprint density at radius 2 is 0.620 bits per heavy atom. The summed E-state index contributed by atoms with van der Waals surface area (Å²) in [5, 5.41) is 0. The summed E-state index contributed by atoms with van der Waals surface area (Å²) in [7, 11) is 0. The highest BCUT2D eigenvalue weighted by molar-refractivity contribution is 4.84. The fraction of sp³-hybridized carbons (Fsp3) is 0.938. The third-order valence-electron chi connectivity index (χ3n) is 11.6. The smallest absolute Gasteiger partial charge is 0.234 e. The van der Waals surface area contributed by atoms with Crippen LogP contribution in [0.3, 0.4) is 0 Å². The Hall–Kier alpha value is -0.790. The predicted octanol–water partition coefficient (Wildman–Crippen LogP) is 16.6. The minimum atomic E-state index is 1.23. The second-order valence-electron chi connectivity index (χ2n) is 16.6. The van der Waals surface area contributed by atoms with Gasteiger partial charge in [0.1, 0.15) is 12.4 Å². The van der Waals surface area contributed by atoms with E-state index in [1.807, 2.05) is 0 Å². The fourth-order valence-corrected chi connectivity index (χ4v) is 8.09. The molecule has 2 nitrogen and oxygen atoms in total. The molecule has 1 rings (SSSR count). The summed E-state index contributed by atoms with van der Waals surface area (Å²) in [6.45, 7) is 9.41. The van der Waals surface area contributed by atoms with E-state index in [4.69, 9.17) is 0 Å². The minimum Gasteiger partial charge on any atom is -0.234 e. The number of imidazole rings is 1. The van der Waals surface area contributed by atoms with Gasteiger partial charge in [-0.15, -0.1) is 0 Å². The second-order valence-corrected chi connectivity index (χ2v) is 16.6. The van der Waals surface area contributed by atoms with Crippen molar-refractivity contribution in [3.63, 3.8) is 0 Å². The molecule has 50 heavy (non-hydrogen) atoms. The average molecular weight is 700 g/mol. The number of unbranched alkanes of at least 4 members (excludes halogenated alkanes) is 36. The van der Waals surface area contributed by atoms with Crippen molar-refractivity contribution >= 4 is 0 Å². The van der Waals surface area contributed by atoms with Gasteiger partial charge in [0.15, 0.2) is 0 Å². The van der Waals surface area contributed by atoms with Gasteiger partial charge < -0.3 is 0 Å². The normalized spacial score (nSPS) is 11.7. The first-order valence-corrected chi connectivity index (χ1v) is 23.9. The molecular weight excluding hydrogens is 605 g/mol. The van der Waals surface area contributed by atoms with Crippen molar-refractivity contribution in [2.75, 3.05) is 0 Å². The van der Waals surface area contributed by atoms with Crippen LogP contribution in [0.25, 0.3) is 0 Å². The molecule has 0 radical (unpaired) electrons. The second kappa shape index (κ2) is 39.4. The molecule has 0 atom stereocenters. The number of nitrogens with zero attached hydrogens (tertiary/aromatic N) is 2. The van der Waals surface area contributed by atoms with Gasteiger partial charge in [-0.25, -0.2) is 9.13 Å². The zero-order valence-corrected chi connectivity index (χ0v) is 35.2. The van der Waals surface area contributed by atoms with Crippen LogP contribution >= 0.6 is 0 Å². The Balaban J connectivity index is 2.21. The van der Waals surface area contributed by atoms with Crippen LogP contribution in [0.5, 0.6) is 0 Å². The third-order valence-corrected chi connectivity index (χ3v) is 11.6. The summed E-state index contributed by atoms with van der Waals surface area (Å²) < 4.78 is 5.30. The molecule has 0 bridgehead atoms. The minimum absolute atomic E-state index is 1.23. The molecule has 0 aliphatic carbocycles. The van der Waals surface area contributed by atoms with E-state index in [9.17, 15) is 0 Å². The first kappa shape index (κ1) is 47.2. The van der Waals surface area contributed by atoms with E-state index in [1.54, 1.807) is 5.82 Å². The molecule has 0 amide bonds. The number of hydrogen-bond acceptors (Lipinski definition) is 0. The van der Waals surface area contributed by atoms with Gasteiger partial charge in [-0.05, 0) is 32.1 Å². The molecule has 1 aromatic heterocycles. The molecule has 1 heterocycles. The summed E-state index contributed by atoms with van der Waals surface area (Å²) in [4.78, 5) is 0. The Labute approximate surface area is 317 Å². The van der Waals surface area contributed by atoms with Gasteiger partial charge in [-0.2, -0.15) is 0 Å². The van der Waals surface area contributed by atoms with E-state index in [-0.39, 0.29) is 0 Å². The molecule has 0 unspecified atom stereocenters. The monoisotopic (exact) mass is 700 g/mol. The lowest BCUT2D eigenvalue weighted by molar-refractivity contribution is -0.704. The van der Waals surface area contributed by atoms with E-state index in [2.05, 4.69) is 42.3 Å². The highest BCUT2D eigenvalue weighted by Crippen LogP contribution is 2.17. The quantitative estimate of drug-likeness (QED) is 0.0474. The first-order chi connectivity index (χ1) is 24.8. The van der Waals surface area contributed by atoms with Gasteiger partial charge in [0, 0.05) is 6.42 Å². The van der Waals surface area contributed by atoms with Gasteiger partial charge in [0.25, 0.3) is 5.82 Å². The molecule has 0 fully saturated rings. The number of aromatic nitrogens is 2. The lowest BCUT2D eigenvalue weighted by Crippen LogP contribution is -2.37. The maximum absolute atomic E-state index is 2.65. The van der Waals surface area contributed by atoms with Crippen molar-refractivity contribution < 1.29 is 4.57 Å². The molecule has 0 aliphatic heterocycles. The lowest BCUT2D eigenvalue weighted by atomic mass is 10.0. The maximum Gasteiger partial charge on any atom is 0.256 e. The molecule has 0 aliphatic rings. The third kappa shape index (κ3) is 30.8. The van der Waals surface area contributed by atoms with E-state index >= 15 is 0 Å². The van der Waals surface area contributed by atoms with E-state index in [0.717, 1.165) is 0 Å². The number of aryl methyl sites for hydroxylation is 2. The topological polar surface area (TPSA) is 8.81 Å². The van der Waals surface area contributed by atoms with Crippen molar-refractivity contribution in [2.45, 2.75) is 291 Å². The number of rotatable bonds is 42. The Morgan fingerprint density at radius 3 is 0.960 bits per heavy atom. The summed E-state index contributed by atoms with van der Waals surface area (Å²) >= 11 is 0. The van der Waals surface area contributed by atoms with Gasteiger partial charge in [0.2, 0.25) is 0 Å². The van der Waals surface area contributed by atoms with Crippen LogP contribution < -0.4 is 4.57 Å². The summed E-state index contributed by atoms with van der Waals surface area (Å²) in [5.41, 5.74) is 0. The Kier molecular flexibility index (Phi) is 37.2. The largest absolute Gasteiger partial charge is 0.256 e. The Bertz CT molecular complexity index is 766. The zero-order chi connectivity index (χ0) is 35.8. The van der Waals surface area contributed by atoms with Crippen LogP contribution in [-0.2, 0) is 19.5 Å². The molecule has 2 heteroatoms. The molecule has 0 saturated heterocycles. The molecule has 0 N–H and O–H groups in total. The van der Waals surface area contributed by atoms with E-state index in [1.165, 1.54) is 270 Å². The lowest BCUT2D eigenvalue weighted by Gasteiger charge is -2.07. The van der Waals surface area contributed by atoms with Crippen molar-refractivity contribution in [2.24, 2.45) is 0 Å². The molecule has 296 valence electrons. The predicted molar refractivity (Wildman–Crippen MR) is 225 cm³/mol. The summed E-state index contributed by atoms with van der Waals surface area (Å²) in [6, 6.07) is 0. The van der Waals surface area contributed by atoms with Crippen molar-refractivity contribution in [1.29, 1.82) is 0 Å². The highest BCUT2D eigenvalue weighted by Gasteiger charge is 2.16. The molecule has 1 aromatic rings. The molecule has 0 spiro atoms. The zero-order valence-electron chi connectivity index (χ0n) is 35.2. The van der Waals surface area contributed by atoms with Crippen LogP contribution in [0, 0.1) is 0 Å². The number of hydrogen-bond donors (Lipinski definition) is 0. The van der Waals surface area contributed by atoms with Crippen molar-refractivity contribution in [3.05, 3.63) is 18.2 Å². The highest BCUT2D eigenvalue weighted by atomic mass is 15.1. The van der Waals surface area contributed by atoms with E-state index in [0.29, 0.717) is 0 Å². The maximum atomic E-state index is 2.65. The van der Waals surface area contributed by atoms with Crippen LogP contribution in [0.15, 0.2) is 12.4 Å². The Morgan fingerprint density at radius 1 is 0.340 bits per heavy atom. The van der Waals surface area contributed by atoms with Crippen LogP contribution in [0.4, 0.5) is 0 Å². The molecule has 0 aromatic carbocycles. The van der Waals surface area contributed by atoms with Gasteiger partial charge in [-0.1, -0.05) is 239 Å². The van der Waals surface area contributed by atoms with Crippen molar-refractivity contribution in [3.8, 4) is 0 Å². The fourth-order valence-electron chi connectivity index (χ4n) is 8.09. The van der Waals surface area contributed by atoms with Gasteiger partial charge in [0.05, 0.1) is 13.1 Å². The van der Waals surface area contributed by atoms with Gasteiger partial charge >= 0.3 is 0 Å². The summed E-state index contributed by atoms with van der Waals surface area (Å²) in [5.74, 6) is 1.63. The SMILES string of the molecule is CCCCCCCCCCCCCCCCCCCc1n(CCCCCCCCCCCCCCCC)cc[n+]1CCCCCCCCCC. The summed E-state index contributed by atoms with van der Waals surface area (Å²) in [6.07, 6.45) is 62.3. The van der Waals surface area contributed by atoms with Crippen molar-refractivity contribution in [1.82, 2.24) is 4.57 Å². The van der Waals surface area contributed by atoms with Gasteiger partial charge in [-0.3, -0.25) is 0 Å². The van der Waals surface area contributed by atoms with Crippen LogP contribution in [0.2, 0.25) is 0 Å². The van der Waals surface area contributed by atoms with Crippen LogP contribution in [0.1, 0.15) is 277 Å². The first-order valence-electron chi connectivity index (χ1n) is 23.9. The molecular formula is C48H95N2+. The standard InChI is InChI=1S/C48H95N2/c1-4-7-10-13-16-19-21-23-25-26-27-28-30-32-34-37-40-43-48-49(44-41-38-35-18-15-12-9-6-3)46-47-50(48)45-42-39-36-33-31-29-24-22-20-17-14-11-8-5-2/h46-47H,4-45H2,1-3H3/q+1. The van der Waals surface area contributed by atoms with E-state index < -0.39 is 0 Å². The molecule has 0 saturated carbocycles. The average Bonchev–Trinajstić information content (AvgIpc) is 3.51.